The Labute approximate surface area is 158 Å². The number of amides is 2. The Kier molecular flexibility index (Phi) is 5.60. The van der Waals surface area contributed by atoms with Gasteiger partial charge in [-0.15, -0.1) is 0 Å². The second-order valence-electron chi connectivity index (χ2n) is 7.60. The summed E-state index contributed by atoms with van der Waals surface area (Å²) < 4.78 is 0. The molecule has 0 bridgehead atoms. The van der Waals surface area contributed by atoms with Crippen molar-refractivity contribution < 1.29 is 14.7 Å². The molecule has 1 fully saturated rings. The normalized spacial score (nSPS) is 17.7. The first kappa shape index (κ1) is 19.1. The summed E-state index contributed by atoms with van der Waals surface area (Å²) in [6.45, 7) is 4.50. The van der Waals surface area contributed by atoms with Crippen molar-refractivity contribution in [2.45, 2.75) is 44.8 Å². The molecule has 3 N–H and O–H groups in total. The highest BCUT2D eigenvalue weighted by atomic mass is 16.3. The number of rotatable bonds is 6. The minimum absolute atomic E-state index is 0.147. The summed E-state index contributed by atoms with van der Waals surface area (Å²) in [4.78, 5) is 33.9. The van der Waals surface area contributed by atoms with Crippen LogP contribution in [-0.4, -0.2) is 56.5 Å². The number of carbonyl (C=O) groups excluding carboxylic acids is 2. The van der Waals surface area contributed by atoms with Gasteiger partial charge in [0.25, 0.3) is 5.91 Å². The molecule has 1 aromatic carbocycles. The summed E-state index contributed by atoms with van der Waals surface area (Å²) in [7, 11) is 0. The van der Waals surface area contributed by atoms with Gasteiger partial charge in [-0.05, 0) is 44.4 Å². The minimum atomic E-state index is -0.713. The number of H-pyrrole nitrogens is 1. The molecule has 2 heterocycles. The van der Waals surface area contributed by atoms with Crippen molar-refractivity contribution in [1.82, 2.24) is 20.2 Å². The number of nitrogens with one attached hydrogen (secondary N) is 2. The predicted molar refractivity (Wildman–Crippen MR) is 101 cm³/mol. The molecule has 0 radical (unpaired) electrons. The second kappa shape index (κ2) is 7.92. The summed E-state index contributed by atoms with van der Waals surface area (Å²) in [5, 5.41) is 12.7. The van der Waals surface area contributed by atoms with Gasteiger partial charge in [0.1, 0.15) is 6.04 Å². The molecule has 0 spiro atoms. The average molecular weight is 370 g/mol. The van der Waals surface area contributed by atoms with E-state index in [2.05, 4.69) is 15.3 Å². The summed E-state index contributed by atoms with van der Waals surface area (Å²) >= 11 is 0. The third-order valence-electron chi connectivity index (χ3n) is 4.79. The third kappa shape index (κ3) is 4.95. The fourth-order valence-electron chi connectivity index (χ4n) is 3.20. The van der Waals surface area contributed by atoms with Crippen LogP contribution in [0.25, 0.3) is 0 Å². The molecule has 2 amide bonds. The zero-order valence-electron chi connectivity index (χ0n) is 15.7. The molecule has 7 nitrogen and oxygen atoms in total. The highest BCUT2D eigenvalue weighted by molar-refractivity contribution is 5.98. The molecule has 0 saturated carbocycles. The van der Waals surface area contributed by atoms with Gasteiger partial charge in [-0.25, -0.2) is 4.98 Å². The van der Waals surface area contributed by atoms with Crippen LogP contribution in [0.5, 0.6) is 0 Å². The van der Waals surface area contributed by atoms with E-state index in [9.17, 15) is 14.7 Å². The molecular weight excluding hydrogens is 344 g/mol. The molecule has 0 unspecified atom stereocenters. The van der Waals surface area contributed by atoms with Gasteiger partial charge in [-0.2, -0.15) is 0 Å². The molecule has 7 heteroatoms. The van der Waals surface area contributed by atoms with Crippen molar-refractivity contribution in [2.24, 2.45) is 0 Å². The summed E-state index contributed by atoms with van der Waals surface area (Å²) in [6.07, 6.45) is 5.03. The maximum Gasteiger partial charge on any atom is 0.254 e. The van der Waals surface area contributed by atoms with Gasteiger partial charge in [0.2, 0.25) is 5.91 Å². The van der Waals surface area contributed by atoms with Crippen molar-refractivity contribution in [1.29, 1.82) is 0 Å². The quantitative estimate of drug-likeness (QED) is 0.714. The lowest BCUT2D eigenvalue weighted by molar-refractivity contribution is -0.127. The van der Waals surface area contributed by atoms with Crippen LogP contribution < -0.4 is 5.32 Å². The van der Waals surface area contributed by atoms with E-state index in [1.165, 1.54) is 0 Å². The number of aromatic amines is 1. The maximum atomic E-state index is 13.0. The summed E-state index contributed by atoms with van der Waals surface area (Å²) in [5.74, 6) is -0.297. The number of carbonyl (C=O) groups is 2. The number of hydrogen-bond acceptors (Lipinski definition) is 4. The van der Waals surface area contributed by atoms with Crippen LogP contribution in [0.4, 0.5) is 0 Å². The van der Waals surface area contributed by atoms with Gasteiger partial charge in [0, 0.05) is 37.0 Å². The van der Waals surface area contributed by atoms with Crippen LogP contribution in [-0.2, 0) is 17.6 Å². The first-order valence-corrected chi connectivity index (χ1v) is 9.21. The van der Waals surface area contributed by atoms with Gasteiger partial charge in [0.05, 0.1) is 11.9 Å². The van der Waals surface area contributed by atoms with Crippen LogP contribution in [0, 0.1) is 0 Å². The first-order chi connectivity index (χ1) is 12.8. The Morgan fingerprint density at radius 3 is 2.70 bits per heavy atom. The van der Waals surface area contributed by atoms with Crippen LogP contribution in [0.3, 0.4) is 0 Å². The number of aliphatic hydroxyl groups is 1. The number of aromatic nitrogens is 2. The Hall–Kier alpha value is -2.67. The molecule has 1 aromatic heterocycles. The highest BCUT2D eigenvalue weighted by Gasteiger charge is 2.33. The number of nitrogens with zero attached hydrogens (tertiary/aromatic N) is 2. The van der Waals surface area contributed by atoms with Gasteiger partial charge < -0.3 is 20.3 Å². The molecule has 3 rings (SSSR count). The van der Waals surface area contributed by atoms with Crippen molar-refractivity contribution >= 4 is 11.8 Å². The summed E-state index contributed by atoms with van der Waals surface area (Å²) in [5.41, 5.74) is 1.73. The zero-order chi connectivity index (χ0) is 19.4. The van der Waals surface area contributed by atoms with Crippen LogP contribution in [0.1, 0.15) is 41.9 Å². The third-order valence-corrected chi connectivity index (χ3v) is 4.79. The van der Waals surface area contributed by atoms with Gasteiger partial charge >= 0.3 is 0 Å². The van der Waals surface area contributed by atoms with Crippen molar-refractivity contribution in [3.05, 3.63) is 53.6 Å². The Bertz CT molecular complexity index is 779. The largest absolute Gasteiger partial charge is 0.390 e. The lowest BCUT2D eigenvalue weighted by atomic mass is 9.98. The average Bonchev–Trinajstić information content (AvgIpc) is 3.14. The van der Waals surface area contributed by atoms with E-state index in [1.54, 1.807) is 43.4 Å². The number of benzene rings is 1. The SMILES string of the molecule is CC(C)(O)CCc1ccc(C(=O)N2CCNC(=O)[C@@H]2Cc2cnc[nH]2)cc1. The second-order valence-corrected chi connectivity index (χ2v) is 7.60. The topological polar surface area (TPSA) is 98.3 Å². The lowest BCUT2D eigenvalue weighted by Crippen LogP contribution is -2.58. The number of imidazole rings is 1. The maximum absolute atomic E-state index is 13.0. The molecule has 1 aliphatic heterocycles. The molecule has 144 valence electrons. The van der Waals surface area contributed by atoms with E-state index in [0.717, 1.165) is 17.7 Å². The van der Waals surface area contributed by atoms with Gasteiger partial charge in [-0.1, -0.05) is 12.1 Å². The van der Waals surface area contributed by atoms with Gasteiger partial charge in [-0.3, -0.25) is 9.59 Å². The fraction of sp³-hybridized carbons (Fsp3) is 0.450. The fourth-order valence-corrected chi connectivity index (χ4v) is 3.20. The van der Waals surface area contributed by atoms with Crippen molar-refractivity contribution in [3.8, 4) is 0 Å². The van der Waals surface area contributed by atoms with E-state index in [0.29, 0.717) is 31.5 Å². The minimum Gasteiger partial charge on any atom is -0.390 e. The smallest absolute Gasteiger partial charge is 0.254 e. The Morgan fingerprint density at radius 1 is 1.33 bits per heavy atom. The van der Waals surface area contributed by atoms with E-state index in [4.69, 9.17) is 0 Å². The molecule has 0 aliphatic carbocycles. The Morgan fingerprint density at radius 2 is 2.07 bits per heavy atom. The van der Waals surface area contributed by atoms with Crippen LogP contribution in [0.2, 0.25) is 0 Å². The predicted octanol–water partition coefficient (Wildman–Crippen LogP) is 1.30. The van der Waals surface area contributed by atoms with Crippen molar-refractivity contribution in [2.75, 3.05) is 13.1 Å². The van der Waals surface area contributed by atoms with Gasteiger partial charge in [0.15, 0.2) is 0 Å². The molecule has 1 saturated heterocycles. The Balaban J connectivity index is 1.71. The van der Waals surface area contributed by atoms with E-state index in [1.807, 2.05) is 12.1 Å². The molecule has 2 aromatic rings. The number of piperazine rings is 1. The molecular formula is C20H26N4O3. The molecule has 1 atom stereocenters. The molecule has 27 heavy (non-hydrogen) atoms. The molecule has 1 aliphatic rings. The van der Waals surface area contributed by atoms with Crippen LogP contribution in [0.15, 0.2) is 36.8 Å². The summed E-state index contributed by atoms with van der Waals surface area (Å²) in [6, 6.07) is 6.85. The lowest BCUT2D eigenvalue weighted by Gasteiger charge is -2.35. The first-order valence-electron chi connectivity index (χ1n) is 9.21. The number of hydrogen-bond donors (Lipinski definition) is 3. The van der Waals surface area contributed by atoms with E-state index >= 15 is 0 Å². The van der Waals surface area contributed by atoms with E-state index in [-0.39, 0.29) is 11.8 Å². The monoisotopic (exact) mass is 370 g/mol. The standard InChI is InChI=1S/C20H26N4O3/c1-20(2,27)8-7-14-3-5-15(6-4-14)19(26)24-10-9-22-18(25)17(24)11-16-12-21-13-23-16/h3-6,12-13,17,27H,7-11H2,1-2H3,(H,21,23)(H,22,25)/t17-/m0/s1. The van der Waals surface area contributed by atoms with Crippen LogP contribution >= 0.6 is 0 Å². The van der Waals surface area contributed by atoms with E-state index < -0.39 is 11.6 Å². The highest BCUT2D eigenvalue weighted by Crippen LogP contribution is 2.17. The zero-order valence-corrected chi connectivity index (χ0v) is 15.7. The van der Waals surface area contributed by atoms with Crippen molar-refractivity contribution in [3.63, 3.8) is 0 Å². The number of aryl methyl sites for hydroxylation is 1.